The molecule has 0 atom stereocenters. The minimum Gasteiger partial charge on any atom is -0.467 e. The lowest BCUT2D eigenvalue weighted by Crippen LogP contribution is -2.48. The molecule has 3 nitrogen and oxygen atoms in total. The quantitative estimate of drug-likeness (QED) is 0.767. The fourth-order valence-electron chi connectivity index (χ4n) is 1.79. The Kier molecular flexibility index (Phi) is 4.38. The van der Waals surface area contributed by atoms with Gasteiger partial charge in [-0.3, -0.25) is 0 Å². The number of nitrogens with zero attached hydrogens (tertiary/aromatic N) is 1. The van der Waals surface area contributed by atoms with E-state index in [0.29, 0.717) is 5.92 Å². The highest BCUT2D eigenvalue weighted by Crippen LogP contribution is 2.25. The highest BCUT2D eigenvalue weighted by Gasteiger charge is 2.33. The van der Waals surface area contributed by atoms with Gasteiger partial charge in [-0.25, -0.2) is 4.79 Å². The summed E-state index contributed by atoms with van der Waals surface area (Å²) in [7, 11) is 3.32. The van der Waals surface area contributed by atoms with Crippen LogP contribution in [0.4, 0.5) is 5.69 Å². The number of ether oxygens (including phenoxy) is 1. The Balaban J connectivity index is 2.97. The number of carbonyl (C=O) groups excluding carboxylic acids is 1. The molecule has 3 heteroatoms. The second kappa shape index (κ2) is 5.42. The van der Waals surface area contributed by atoms with Gasteiger partial charge >= 0.3 is 5.97 Å². The molecule has 0 aliphatic heterocycles. The van der Waals surface area contributed by atoms with Crippen molar-refractivity contribution in [1.82, 2.24) is 0 Å². The topological polar surface area (TPSA) is 29.5 Å². The average Bonchev–Trinajstić information content (AvgIpc) is 2.36. The maximum absolute atomic E-state index is 11.8. The molecule has 0 aliphatic rings. The second-order valence-corrected chi connectivity index (χ2v) is 5.36. The number of likely N-dealkylation sites (N-methyl/N-ethyl adjacent to an activating group) is 1. The summed E-state index contributed by atoms with van der Waals surface area (Å²) >= 11 is 0. The Labute approximate surface area is 110 Å². The monoisotopic (exact) mass is 249 g/mol. The number of anilines is 1. The molecule has 100 valence electrons. The van der Waals surface area contributed by atoms with E-state index < -0.39 is 5.54 Å². The third-order valence-corrected chi connectivity index (χ3v) is 3.47. The van der Waals surface area contributed by atoms with E-state index in [1.807, 2.05) is 37.9 Å². The van der Waals surface area contributed by atoms with Gasteiger partial charge in [0.1, 0.15) is 5.54 Å². The van der Waals surface area contributed by atoms with Gasteiger partial charge in [0.15, 0.2) is 0 Å². The highest BCUT2D eigenvalue weighted by molar-refractivity contribution is 5.84. The fourth-order valence-corrected chi connectivity index (χ4v) is 1.79. The van der Waals surface area contributed by atoms with E-state index in [1.165, 1.54) is 12.7 Å². The van der Waals surface area contributed by atoms with Crippen LogP contribution in [0.2, 0.25) is 0 Å². The predicted molar refractivity (Wildman–Crippen MR) is 75.0 cm³/mol. The summed E-state index contributed by atoms with van der Waals surface area (Å²) in [5, 5.41) is 0. The van der Waals surface area contributed by atoms with E-state index in [-0.39, 0.29) is 5.97 Å². The van der Waals surface area contributed by atoms with E-state index in [4.69, 9.17) is 4.74 Å². The van der Waals surface area contributed by atoms with Gasteiger partial charge in [-0.1, -0.05) is 26.0 Å². The van der Waals surface area contributed by atoms with Crippen molar-refractivity contribution >= 4 is 11.7 Å². The van der Waals surface area contributed by atoms with E-state index in [1.54, 1.807) is 0 Å². The second-order valence-electron chi connectivity index (χ2n) is 5.36. The fraction of sp³-hybridized carbons (Fsp3) is 0.533. The minimum atomic E-state index is -0.673. The summed E-state index contributed by atoms with van der Waals surface area (Å²) in [5.41, 5.74) is 1.63. The zero-order valence-corrected chi connectivity index (χ0v) is 12.2. The molecule has 0 amide bonds. The van der Waals surface area contributed by atoms with Crippen LogP contribution < -0.4 is 4.90 Å². The van der Waals surface area contributed by atoms with Crippen molar-refractivity contribution in [3.05, 3.63) is 29.8 Å². The standard InChI is InChI=1S/C15H23NO2/c1-11(2)12-7-9-13(10-8-12)16(5)15(3,4)14(17)18-6/h7-11H,1-6H3. The van der Waals surface area contributed by atoms with Crippen molar-refractivity contribution in [3.63, 3.8) is 0 Å². The highest BCUT2D eigenvalue weighted by atomic mass is 16.5. The zero-order valence-electron chi connectivity index (χ0n) is 12.2. The van der Waals surface area contributed by atoms with Gasteiger partial charge in [0, 0.05) is 12.7 Å². The summed E-state index contributed by atoms with van der Waals surface area (Å²) in [6.07, 6.45) is 0. The molecule has 0 aromatic heterocycles. The molecule has 0 saturated heterocycles. The molecule has 0 N–H and O–H groups in total. The van der Waals surface area contributed by atoms with Gasteiger partial charge in [0.25, 0.3) is 0 Å². The third kappa shape index (κ3) is 2.84. The Bertz CT molecular complexity index is 407. The molecule has 0 radical (unpaired) electrons. The van der Waals surface area contributed by atoms with Crippen molar-refractivity contribution in [2.75, 3.05) is 19.1 Å². The molecule has 1 aromatic rings. The van der Waals surface area contributed by atoms with Crippen molar-refractivity contribution < 1.29 is 9.53 Å². The molecule has 0 fully saturated rings. The van der Waals surface area contributed by atoms with Gasteiger partial charge in [0.05, 0.1) is 7.11 Å². The first kappa shape index (κ1) is 14.6. The van der Waals surface area contributed by atoms with Crippen LogP contribution in [0.1, 0.15) is 39.2 Å². The molecule has 18 heavy (non-hydrogen) atoms. The largest absolute Gasteiger partial charge is 0.467 e. The van der Waals surface area contributed by atoms with Crippen LogP contribution in [0, 0.1) is 0 Å². The van der Waals surface area contributed by atoms with Gasteiger partial charge in [-0.15, -0.1) is 0 Å². The molecule has 0 bridgehead atoms. The number of carbonyl (C=O) groups is 1. The summed E-state index contributed by atoms with van der Waals surface area (Å²) in [6, 6.07) is 8.29. The summed E-state index contributed by atoms with van der Waals surface area (Å²) < 4.78 is 4.84. The van der Waals surface area contributed by atoms with Gasteiger partial charge in [0.2, 0.25) is 0 Å². The maximum Gasteiger partial charge on any atom is 0.331 e. The van der Waals surface area contributed by atoms with Crippen molar-refractivity contribution in [2.45, 2.75) is 39.2 Å². The van der Waals surface area contributed by atoms with Crippen LogP contribution in [-0.4, -0.2) is 25.7 Å². The molecule has 0 spiro atoms. The SMILES string of the molecule is COC(=O)C(C)(C)N(C)c1ccc(C(C)C)cc1. The number of benzene rings is 1. The van der Waals surface area contributed by atoms with E-state index >= 15 is 0 Å². The Morgan fingerprint density at radius 2 is 1.72 bits per heavy atom. The smallest absolute Gasteiger partial charge is 0.331 e. The normalized spacial score (nSPS) is 11.5. The lowest BCUT2D eigenvalue weighted by Gasteiger charge is -2.34. The van der Waals surface area contributed by atoms with Gasteiger partial charge < -0.3 is 9.64 Å². The number of esters is 1. The lowest BCUT2D eigenvalue weighted by molar-refractivity contribution is -0.145. The van der Waals surface area contributed by atoms with Crippen molar-refractivity contribution in [2.24, 2.45) is 0 Å². The predicted octanol–water partition coefficient (Wildman–Crippen LogP) is 3.20. The average molecular weight is 249 g/mol. The van der Waals surface area contributed by atoms with Crippen LogP contribution >= 0.6 is 0 Å². The van der Waals surface area contributed by atoms with Crippen LogP contribution in [0.25, 0.3) is 0 Å². The van der Waals surface area contributed by atoms with E-state index in [9.17, 15) is 4.79 Å². The van der Waals surface area contributed by atoms with Crippen molar-refractivity contribution in [1.29, 1.82) is 0 Å². The van der Waals surface area contributed by atoms with Crippen LogP contribution in [0.15, 0.2) is 24.3 Å². The first-order valence-corrected chi connectivity index (χ1v) is 6.23. The Hall–Kier alpha value is -1.51. The first-order valence-electron chi connectivity index (χ1n) is 6.23. The summed E-state index contributed by atoms with van der Waals surface area (Å²) in [4.78, 5) is 13.7. The van der Waals surface area contributed by atoms with E-state index in [2.05, 4.69) is 26.0 Å². The first-order chi connectivity index (χ1) is 8.30. The van der Waals surface area contributed by atoms with Gasteiger partial charge in [-0.05, 0) is 37.5 Å². The molecule has 0 unspecified atom stereocenters. The Morgan fingerprint density at radius 1 is 1.22 bits per heavy atom. The van der Waals surface area contributed by atoms with E-state index in [0.717, 1.165) is 5.69 Å². The van der Waals surface area contributed by atoms with Crippen LogP contribution in [-0.2, 0) is 9.53 Å². The lowest BCUT2D eigenvalue weighted by atomic mass is 10.00. The Morgan fingerprint density at radius 3 is 2.11 bits per heavy atom. The molecular formula is C15H23NO2. The van der Waals surface area contributed by atoms with Crippen LogP contribution in [0.3, 0.4) is 0 Å². The number of rotatable bonds is 4. The number of hydrogen-bond acceptors (Lipinski definition) is 3. The van der Waals surface area contributed by atoms with Crippen molar-refractivity contribution in [3.8, 4) is 0 Å². The minimum absolute atomic E-state index is 0.238. The summed E-state index contributed by atoms with van der Waals surface area (Å²) in [6.45, 7) is 8.04. The summed E-state index contributed by atoms with van der Waals surface area (Å²) in [5.74, 6) is 0.274. The molecule has 1 aromatic carbocycles. The number of hydrogen-bond donors (Lipinski definition) is 0. The molecule has 0 aliphatic carbocycles. The molecule has 0 saturated carbocycles. The zero-order chi connectivity index (χ0) is 13.9. The van der Waals surface area contributed by atoms with Gasteiger partial charge in [-0.2, -0.15) is 0 Å². The maximum atomic E-state index is 11.8. The molecule has 0 heterocycles. The molecular weight excluding hydrogens is 226 g/mol. The molecule has 1 rings (SSSR count). The third-order valence-electron chi connectivity index (χ3n) is 3.47. The van der Waals surface area contributed by atoms with Crippen LogP contribution in [0.5, 0.6) is 0 Å². The number of methoxy groups -OCH3 is 1.